The van der Waals surface area contributed by atoms with E-state index in [1.54, 1.807) is 30.3 Å². The van der Waals surface area contributed by atoms with Crippen LogP contribution in [0.3, 0.4) is 0 Å². The minimum absolute atomic E-state index is 0.0522. The first-order chi connectivity index (χ1) is 10.9. The van der Waals surface area contributed by atoms with Gasteiger partial charge in [-0.1, -0.05) is 43.7 Å². The summed E-state index contributed by atoms with van der Waals surface area (Å²) in [7, 11) is 0. The van der Waals surface area contributed by atoms with Gasteiger partial charge in [-0.3, -0.25) is 4.79 Å². The van der Waals surface area contributed by atoms with Crippen LogP contribution in [0.4, 0.5) is 13.2 Å². The molecule has 0 aliphatic heterocycles. The monoisotopic (exact) mass is 323 g/mol. The van der Waals surface area contributed by atoms with E-state index >= 15 is 0 Å². The zero-order valence-corrected chi connectivity index (χ0v) is 13.4. The van der Waals surface area contributed by atoms with Crippen LogP contribution in [0, 0.1) is 6.92 Å². The molecule has 0 fully saturated rings. The maximum absolute atomic E-state index is 12.6. The van der Waals surface area contributed by atoms with Gasteiger partial charge in [-0.2, -0.15) is 13.2 Å². The first-order valence-electron chi connectivity index (χ1n) is 7.37. The molecule has 0 saturated heterocycles. The van der Waals surface area contributed by atoms with Gasteiger partial charge in [-0.25, -0.2) is 0 Å². The van der Waals surface area contributed by atoms with Gasteiger partial charge in [0.1, 0.15) is 0 Å². The third kappa shape index (κ3) is 5.77. The van der Waals surface area contributed by atoms with E-state index in [2.05, 4.69) is 5.32 Å². The van der Waals surface area contributed by atoms with Crippen molar-refractivity contribution in [3.05, 3.63) is 70.8 Å². The van der Waals surface area contributed by atoms with Gasteiger partial charge in [-0.05, 0) is 36.8 Å². The van der Waals surface area contributed by atoms with Gasteiger partial charge in [0.05, 0.1) is 5.56 Å². The van der Waals surface area contributed by atoms with Crippen LogP contribution in [0.2, 0.25) is 0 Å². The number of hydrogen-bond donors (Lipinski definition) is 1. The van der Waals surface area contributed by atoms with Crippen LogP contribution in [0.25, 0.3) is 0 Å². The second kappa shape index (κ2) is 8.36. The third-order valence-electron chi connectivity index (χ3n) is 3.02. The number of nitrogens with one attached hydrogen (secondary N) is 1. The highest BCUT2D eigenvalue weighted by Crippen LogP contribution is 2.29. The van der Waals surface area contributed by atoms with Crippen molar-refractivity contribution >= 4 is 5.91 Å². The lowest BCUT2D eigenvalue weighted by Crippen LogP contribution is -2.23. The van der Waals surface area contributed by atoms with Crippen molar-refractivity contribution in [2.24, 2.45) is 0 Å². The number of halogens is 3. The fourth-order valence-electron chi connectivity index (χ4n) is 1.85. The SMILES string of the molecule is CC.Cc1ccc(C(=O)NCc2cccc(C(F)(F)F)c2)cc1. The highest BCUT2D eigenvalue weighted by molar-refractivity contribution is 5.94. The van der Waals surface area contributed by atoms with Gasteiger partial charge < -0.3 is 5.32 Å². The lowest BCUT2D eigenvalue weighted by Gasteiger charge is -2.09. The molecule has 0 atom stereocenters. The molecule has 2 rings (SSSR count). The zero-order valence-electron chi connectivity index (χ0n) is 13.4. The quantitative estimate of drug-likeness (QED) is 0.849. The molecule has 2 nitrogen and oxygen atoms in total. The number of carbonyl (C=O) groups is 1. The maximum Gasteiger partial charge on any atom is 0.416 e. The fraction of sp³-hybridized carbons (Fsp3) is 0.278. The minimum atomic E-state index is -4.38. The molecule has 5 heteroatoms. The number of hydrogen-bond acceptors (Lipinski definition) is 1. The molecule has 0 bridgehead atoms. The maximum atomic E-state index is 12.6. The molecule has 1 N–H and O–H groups in total. The van der Waals surface area contributed by atoms with Crippen LogP contribution < -0.4 is 5.32 Å². The Morgan fingerprint density at radius 2 is 1.65 bits per heavy atom. The van der Waals surface area contributed by atoms with E-state index in [0.717, 1.165) is 17.7 Å². The van der Waals surface area contributed by atoms with Crippen molar-refractivity contribution < 1.29 is 18.0 Å². The van der Waals surface area contributed by atoms with Crippen LogP contribution >= 0.6 is 0 Å². The van der Waals surface area contributed by atoms with Crippen LogP contribution in [-0.4, -0.2) is 5.91 Å². The summed E-state index contributed by atoms with van der Waals surface area (Å²) in [5, 5.41) is 2.61. The topological polar surface area (TPSA) is 29.1 Å². The first-order valence-corrected chi connectivity index (χ1v) is 7.37. The molecule has 0 unspecified atom stereocenters. The van der Waals surface area contributed by atoms with Crippen LogP contribution in [0.5, 0.6) is 0 Å². The number of benzene rings is 2. The Kier molecular flexibility index (Phi) is 6.82. The molecule has 2 aromatic rings. The summed E-state index contributed by atoms with van der Waals surface area (Å²) in [6.45, 7) is 5.96. The lowest BCUT2D eigenvalue weighted by atomic mass is 10.1. The van der Waals surface area contributed by atoms with Gasteiger partial charge in [-0.15, -0.1) is 0 Å². The molecule has 0 aliphatic carbocycles. The Labute approximate surface area is 134 Å². The van der Waals surface area contributed by atoms with E-state index in [4.69, 9.17) is 0 Å². The lowest BCUT2D eigenvalue weighted by molar-refractivity contribution is -0.137. The van der Waals surface area contributed by atoms with Crippen molar-refractivity contribution in [3.63, 3.8) is 0 Å². The summed E-state index contributed by atoms with van der Waals surface area (Å²) in [6, 6.07) is 11.9. The average Bonchev–Trinajstić information content (AvgIpc) is 2.55. The first kappa shape index (κ1) is 18.7. The Bertz CT molecular complexity index is 633. The van der Waals surface area contributed by atoms with Gasteiger partial charge >= 0.3 is 6.18 Å². The van der Waals surface area contributed by atoms with Crippen molar-refractivity contribution in [1.82, 2.24) is 5.32 Å². The van der Waals surface area contributed by atoms with Crippen LogP contribution in [-0.2, 0) is 12.7 Å². The van der Waals surface area contributed by atoms with E-state index < -0.39 is 11.7 Å². The highest BCUT2D eigenvalue weighted by atomic mass is 19.4. The predicted octanol–water partition coefficient (Wildman–Crippen LogP) is 4.97. The standard InChI is InChI=1S/C16H14F3NO.C2H6/c1-11-5-7-13(8-6-11)15(21)20-10-12-3-2-4-14(9-12)16(17,18)19;1-2/h2-9H,10H2,1H3,(H,20,21);1-2H3. The summed E-state index contributed by atoms with van der Waals surface area (Å²) < 4.78 is 37.7. The summed E-state index contributed by atoms with van der Waals surface area (Å²) in [5.41, 5.74) is 1.20. The molecule has 0 saturated carbocycles. The normalized spacial score (nSPS) is 10.5. The number of aryl methyl sites for hydroxylation is 1. The van der Waals surface area contributed by atoms with E-state index in [1.165, 1.54) is 6.07 Å². The van der Waals surface area contributed by atoms with Crippen molar-refractivity contribution in [1.29, 1.82) is 0 Å². The molecule has 0 aliphatic rings. The molecule has 23 heavy (non-hydrogen) atoms. The fourth-order valence-corrected chi connectivity index (χ4v) is 1.85. The van der Waals surface area contributed by atoms with Gasteiger partial charge in [0.15, 0.2) is 0 Å². The Hall–Kier alpha value is -2.30. The third-order valence-corrected chi connectivity index (χ3v) is 3.02. The number of carbonyl (C=O) groups excluding carboxylic acids is 1. The largest absolute Gasteiger partial charge is 0.416 e. The molecule has 0 aromatic heterocycles. The molecule has 0 spiro atoms. The van der Waals surface area contributed by atoms with Crippen molar-refractivity contribution in [2.45, 2.75) is 33.5 Å². The average molecular weight is 323 g/mol. The van der Waals surface area contributed by atoms with E-state index in [-0.39, 0.29) is 12.5 Å². The van der Waals surface area contributed by atoms with Crippen molar-refractivity contribution in [2.75, 3.05) is 0 Å². The van der Waals surface area contributed by atoms with Crippen LogP contribution in [0.1, 0.15) is 40.9 Å². The molecule has 2 aromatic carbocycles. The Balaban J connectivity index is 0.00000127. The van der Waals surface area contributed by atoms with Crippen LogP contribution in [0.15, 0.2) is 48.5 Å². The van der Waals surface area contributed by atoms with E-state index in [0.29, 0.717) is 11.1 Å². The molecule has 1 amide bonds. The predicted molar refractivity (Wildman–Crippen MR) is 85.1 cm³/mol. The summed E-state index contributed by atoms with van der Waals surface area (Å²) >= 11 is 0. The number of rotatable bonds is 3. The molecular formula is C18H20F3NO. The molecule has 0 radical (unpaired) electrons. The summed E-state index contributed by atoms with van der Waals surface area (Å²) in [6.07, 6.45) is -4.38. The second-order valence-electron chi connectivity index (χ2n) is 4.75. The second-order valence-corrected chi connectivity index (χ2v) is 4.75. The highest BCUT2D eigenvalue weighted by Gasteiger charge is 2.30. The summed E-state index contributed by atoms with van der Waals surface area (Å²) in [5.74, 6) is -0.313. The van der Waals surface area contributed by atoms with Gasteiger partial charge in [0, 0.05) is 12.1 Å². The van der Waals surface area contributed by atoms with E-state index in [1.807, 2.05) is 20.8 Å². The number of amides is 1. The van der Waals surface area contributed by atoms with Crippen molar-refractivity contribution in [3.8, 4) is 0 Å². The molecule has 124 valence electrons. The molecule has 0 heterocycles. The van der Waals surface area contributed by atoms with Gasteiger partial charge in [0.2, 0.25) is 0 Å². The summed E-state index contributed by atoms with van der Waals surface area (Å²) in [4.78, 5) is 11.9. The minimum Gasteiger partial charge on any atom is -0.348 e. The number of alkyl halides is 3. The van der Waals surface area contributed by atoms with E-state index in [9.17, 15) is 18.0 Å². The zero-order chi connectivity index (χ0) is 17.5. The smallest absolute Gasteiger partial charge is 0.348 e. The molecular weight excluding hydrogens is 303 g/mol. The van der Waals surface area contributed by atoms with Gasteiger partial charge in [0.25, 0.3) is 5.91 Å². The Morgan fingerprint density at radius 3 is 2.22 bits per heavy atom. The Morgan fingerprint density at radius 1 is 1.04 bits per heavy atom.